The van der Waals surface area contributed by atoms with E-state index in [1.807, 2.05) is 30.3 Å². The van der Waals surface area contributed by atoms with Crippen LogP contribution in [0.5, 0.6) is 0 Å². The number of fused-ring (bicyclic) bond motifs is 3. The van der Waals surface area contributed by atoms with Crippen molar-refractivity contribution < 1.29 is 29.2 Å². The van der Waals surface area contributed by atoms with E-state index in [-0.39, 0.29) is 31.7 Å². The number of ether oxygens (including phenoxy) is 1. The lowest BCUT2D eigenvalue weighted by atomic mass is 9.64. The van der Waals surface area contributed by atoms with Crippen molar-refractivity contribution in [1.29, 1.82) is 0 Å². The number of amides is 1. The zero-order valence-electron chi connectivity index (χ0n) is 16.8. The highest BCUT2D eigenvalue weighted by atomic mass is 17.2. The minimum absolute atomic E-state index is 0.0561. The maximum absolute atomic E-state index is 13.3. The van der Waals surface area contributed by atoms with Crippen molar-refractivity contribution in [2.45, 2.75) is 63.9 Å². The largest absolute Gasteiger partial charge is 0.465 e. The van der Waals surface area contributed by atoms with Crippen LogP contribution in [-0.4, -0.2) is 46.9 Å². The van der Waals surface area contributed by atoms with E-state index in [4.69, 9.17) is 14.5 Å². The Balaban J connectivity index is 1.74. The van der Waals surface area contributed by atoms with E-state index in [1.54, 1.807) is 6.92 Å². The number of nitrogens with zero attached hydrogens (tertiary/aromatic N) is 1. The molecule has 0 bridgehead atoms. The quantitative estimate of drug-likeness (QED) is 0.614. The van der Waals surface area contributed by atoms with Gasteiger partial charge in [-0.2, -0.15) is 4.89 Å². The molecule has 0 radical (unpaired) electrons. The van der Waals surface area contributed by atoms with E-state index in [2.05, 4.69) is 0 Å². The minimum Gasteiger partial charge on any atom is -0.465 e. The SMILES string of the molecule is CCOC(=O)C12CN(Cc3ccccc3)C(=O)C1(O)OOC1CCCCCCC12. The Morgan fingerprint density at radius 1 is 1.21 bits per heavy atom. The standard InChI is InChI=1S/C22H29NO6/c1-2-27-20(25)21-15-23(14-16-10-6-5-7-11-16)19(24)22(21,26)29-28-18-13-9-4-3-8-12-17(18)21/h5-7,10-11,17-18,26H,2-4,8-9,12-15H2,1H3. The van der Waals surface area contributed by atoms with Crippen molar-refractivity contribution in [3.05, 3.63) is 35.9 Å². The summed E-state index contributed by atoms with van der Waals surface area (Å²) < 4.78 is 5.41. The topological polar surface area (TPSA) is 85.3 Å². The number of esters is 1. The first-order valence-electron chi connectivity index (χ1n) is 10.6. The van der Waals surface area contributed by atoms with Crippen LogP contribution in [0, 0.1) is 11.3 Å². The summed E-state index contributed by atoms with van der Waals surface area (Å²) in [6, 6.07) is 9.50. The second kappa shape index (κ2) is 8.05. The molecule has 1 aliphatic carbocycles. The summed E-state index contributed by atoms with van der Waals surface area (Å²) in [6.45, 7) is 2.23. The summed E-state index contributed by atoms with van der Waals surface area (Å²) in [5.74, 6) is -3.93. The molecule has 0 aromatic heterocycles. The van der Waals surface area contributed by atoms with Gasteiger partial charge in [0.1, 0.15) is 0 Å². The molecule has 3 fully saturated rings. The van der Waals surface area contributed by atoms with Gasteiger partial charge >= 0.3 is 5.97 Å². The highest BCUT2D eigenvalue weighted by Crippen LogP contribution is 2.55. The molecule has 158 valence electrons. The predicted molar refractivity (Wildman–Crippen MR) is 103 cm³/mol. The number of carbonyl (C=O) groups is 2. The summed E-state index contributed by atoms with van der Waals surface area (Å²) in [5, 5.41) is 11.4. The van der Waals surface area contributed by atoms with Gasteiger partial charge in [-0.05, 0) is 25.3 Å². The van der Waals surface area contributed by atoms with Gasteiger partial charge in [0.25, 0.3) is 11.7 Å². The van der Waals surface area contributed by atoms with Crippen molar-refractivity contribution in [2.24, 2.45) is 11.3 Å². The Morgan fingerprint density at radius 3 is 2.66 bits per heavy atom. The molecule has 1 amide bonds. The third-order valence-electron chi connectivity index (χ3n) is 6.61. The van der Waals surface area contributed by atoms with Crippen LogP contribution < -0.4 is 0 Å². The van der Waals surface area contributed by atoms with Crippen LogP contribution in [0.1, 0.15) is 51.0 Å². The molecule has 7 heteroatoms. The lowest BCUT2D eigenvalue weighted by Gasteiger charge is -2.48. The Hall–Kier alpha value is -1.96. The molecule has 1 saturated carbocycles. The third kappa shape index (κ3) is 3.25. The van der Waals surface area contributed by atoms with Crippen LogP contribution in [0.4, 0.5) is 0 Å². The molecule has 3 aliphatic rings. The molecule has 4 unspecified atom stereocenters. The Morgan fingerprint density at radius 2 is 1.93 bits per heavy atom. The van der Waals surface area contributed by atoms with E-state index in [9.17, 15) is 14.7 Å². The highest BCUT2D eigenvalue weighted by molar-refractivity contribution is 5.96. The zero-order chi connectivity index (χ0) is 20.5. The maximum Gasteiger partial charge on any atom is 0.320 e. The first kappa shape index (κ1) is 20.3. The lowest BCUT2D eigenvalue weighted by molar-refractivity contribution is -0.480. The van der Waals surface area contributed by atoms with Gasteiger partial charge in [0.15, 0.2) is 5.41 Å². The van der Waals surface area contributed by atoms with E-state index < -0.39 is 23.1 Å². The Bertz CT molecular complexity index is 755. The highest BCUT2D eigenvalue weighted by Gasteiger charge is 2.76. The van der Waals surface area contributed by atoms with Gasteiger partial charge < -0.3 is 14.7 Å². The molecule has 2 aliphatic heterocycles. The predicted octanol–water partition coefficient (Wildman–Crippen LogP) is 2.57. The molecule has 2 heterocycles. The molecular weight excluding hydrogens is 374 g/mol. The second-order valence-electron chi connectivity index (χ2n) is 8.30. The van der Waals surface area contributed by atoms with Crippen LogP contribution in [0.3, 0.4) is 0 Å². The Kier molecular flexibility index (Phi) is 5.64. The molecule has 0 spiro atoms. The van der Waals surface area contributed by atoms with E-state index in [0.717, 1.165) is 37.7 Å². The van der Waals surface area contributed by atoms with Gasteiger partial charge in [0.05, 0.1) is 12.7 Å². The van der Waals surface area contributed by atoms with E-state index in [1.165, 1.54) is 4.90 Å². The van der Waals surface area contributed by atoms with Gasteiger partial charge in [0.2, 0.25) is 0 Å². The van der Waals surface area contributed by atoms with E-state index >= 15 is 0 Å². The summed E-state index contributed by atoms with van der Waals surface area (Å²) in [7, 11) is 0. The lowest BCUT2D eigenvalue weighted by Crippen LogP contribution is -2.66. The molecule has 2 saturated heterocycles. The van der Waals surface area contributed by atoms with Crippen molar-refractivity contribution in [3.63, 3.8) is 0 Å². The van der Waals surface area contributed by atoms with Crippen LogP contribution >= 0.6 is 0 Å². The summed E-state index contributed by atoms with van der Waals surface area (Å²) >= 11 is 0. The van der Waals surface area contributed by atoms with Gasteiger partial charge in [-0.3, -0.25) is 9.59 Å². The normalized spacial score (nSPS) is 34.7. The van der Waals surface area contributed by atoms with Crippen LogP contribution in [0.25, 0.3) is 0 Å². The van der Waals surface area contributed by atoms with Gasteiger partial charge in [-0.15, -0.1) is 0 Å². The number of aliphatic hydroxyl groups is 1. The van der Waals surface area contributed by atoms with Crippen LogP contribution in [0.15, 0.2) is 30.3 Å². The number of likely N-dealkylation sites (tertiary alicyclic amines) is 1. The fraction of sp³-hybridized carbons (Fsp3) is 0.636. The molecule has 29 heavy (non-hydrogen) atoms. The monoisotopic (exact) mass is 403 g/mol. The maximum atomic E-state index is 13.3. The minimum atomic E-state index is -2.37. The smallest absolute Gasteiger partial charge is 0.320 e. The average molecular weight is 403 g/mol. The average Bonchev–Trinajstić information content (AvgIpc) is 2.92. The molecule has 7 nitrogen and oxygen atoms in total. The molecule has 1 aromatic carbocycles. The zero-order valence-corrected chi connectivity index (χ0v) is 16.8. The van der Waals surface area contributed by atoms with E-state index in [0.29, 0.717) is 6.42 Å². The summed E-state index contributed by atoms with van der Waals surface area (Å²) in [5.41, 5.74) is -0.577. The first-order valence-corrected chi connectivity index (χ1v) is 10.6. The number of carbonyl (C=O) groups excluding carboxylic acids is 2. The molecule has 1 N–H and O–H groups in total. The fourth-order valence-corrected chi connectivity index (χ4v) is 5.17. The van der Waals surface area contributed by atoms with Crippen molar-refractivity contribution >= 4 is 11.9 Å². The van der Waals surface area contributed by atoms with Crippen molar-refractivity contribution in [2.75, 3.05) is 13.2 Å². The summed E-state index contributed by atoms with van der Waals surface area (Å²) in [4.78, 5) is 39.0. The second-order valence-corrected chi connectivity index (χ2v) is 8.30. The van der Waals surface area contributed by atoms with Gasteiger partial charge in [0, 0.05) is 19.0 Å². The van der Waals surface area contributed by atoms with Gasteiger partial charge in [-0.25, -0.2) is 4.89 Å². The molecule has 4 atom stereocenters. The number of hydrogen-bond donors (Lipinski definition) is 1. The molecule has 1 aromatic rings. The fourth-order valence-electron chi connectivity index (χ4n) is 5.17. The first-order chi connectivity index (χ1) is 14.0. The van der Waals surface area contributed by atoms with Crippen LogP contribution in [0.2, 0.25) is 0 Å². The summed E-state index contributed by atoms with van der Waals surface area (Å²) in [6.07, 6.45) is 5.10. The number of rotatable bonds is 4. The number of hydrogen-bond acceptors (Lipinski definition) is 6. The van der Waals surface area contributed by atoms with Crippen LogP contribution in [-0.2, 0) is 30.6 Å². The molecular formula is C22H29NO6. The van der Waals surface area contributed by atoms with Crippen molar-refractivity contribution in [3.8, 4) is 0 Å². The third-order valence-corrected chi connectivity index (χ3v) is 6.61. The number of benzene rings is 1. The van der Waals surface area contributed by atoms with Gasteiger partial charge in [-0.1, -0.05) is 56.0 Å². The molecule has 4 rings (SSSR count). The Labute approximate surface area is 170 Å². The van der Waals surface area contributed by atoms with Crippen molar-refractivity contribution in [1.82, 2.24) is 4.90 Å².